The number of carboxylic acids is 1. The number of amides is 1. The van der Waals surface area contributed by atoms with Crippen LogP contribution in [0.25, 0.3) is 0 Å². The zero-order chi connectivity index (χ0) is 26.4. The summed E-state index contributed by atoms with van der Waals surface area (Å²) in [5.74, 6) is -0.0756. The maximum absolute atomic E-state index is 12.6. The molecule has 37 heavy (non-hydrogen) atoms. The van der Waals surface area contributed by atoms with Crippen LogP contribution in [0.3, 0.4) is 0 Å². The summed E-state index contributed by atoms with van der Waals surface area (Å²) in [6, 6.07) is 18.7. The summed E-state index contributed by atoms with van der Waals surface area (Å²) in [5, 5.41) is 9.89. The molecule has 0 aromatic heterocycles. The number of carboxylic acid groups (broad SMARTS) is 1. The maximum Gasteiger partial charge on any atom is 0.337 e. The highest BCUT2D eigenvalue weighted by molar-refractivity contribution is 5.98. The van der Waals surface area contributed by atoms with Gasteiger partial charge in [0.25, 0.3) is 0 Å². The molecule has 1 saturated heterocycles. The van der Waals surface area contributed by atoms with Crippen molar-refractivity contribution in [3.8, 4) is 11.5 Å². The van der Waals surface area contributed by atoms with Crippen LogP contribution in [-0.2, 0) is 22.7 Å². The number of carbonyl (C=O) groups is 2. The fourth-order valence-electron chi connectivity index (χ4n) is 4.37. The highest BCUT2D eigenvalue weighted by atomic mass is 16.5. The lowest BCUT2D eigenvalue weighted by Crippen LogP contribution is -2.37. The van der Waals surface area contributed by atoms with Crippen LogP contribution in [0.2, 0.25) is 0 Å². The van der Waals surface area contributed by atoms with E-state index in [-0.39, 0.29) is 18.0 Å². The average Bonchev–Trinajstić information content (AvgIpc) is 2.91. The number of anilines is 2. The average molecular weight is 505 g/mol. The zero-order valence-corrected chi connectivity index (χ0v) is 21.4. The molecule has 0 radical (unpaired) electrons. The number of aromatic carboxylic acids is 1. The number of rotatable bonds is 9. The molecule has 0 unspecified atom stereocenters. The van der Waals surface area contributed by atoms with E-state index in [4.69, 9.17) is 14.2 Å². The van der Waals surface area contributed by atoms with Crippen LogP contribution in [-0.4, -0.2) is 50.4 Å². The van der Waals surface area contributed by atoms with Gasteiger partial charge in [0.1, 0.15) is 6.61 Å². The van der Waals surface area contributed by atoms with E-state index < -0.39 is 5.97 Å². The van der Waals surface area contributed by atoms with Gasteiger partial charge in [-0.05, 0) is 53.9 Å². The number of nitrogens with zero attached hydrogens (tertiary/aromatic N) is 2. The molecule has 0 aliphatic carbocycles. The largest absolute Gasteiger partial charge is 0.493 e. The number of morpholine rings is 1. The molecule has 0 atom stereocenters. The van der Waals surface area contributed by atoms with Gasteiger partial charge in [-0.2, -0.15) is 0 Å². The maximum atomic E-state index is 12.6. The third-order valence-electron chi connectivity index (χ3n) is 6.47. The Morgan fingerprint density at radius 1 is 1.03 bits per heavy atom. The summed E-state index contributed by atoms with van der Waals surface area (Å²) in [5.41, 5.74) is 4.36. The van der Waals surface area contributed by atoms with E-state index in [1.54, 1.807) is 30.2 Å². The van der Waals surface area contributed by atoms with Gasteiger partial charge in [-0.3, -0.25) is 4.79 Å². The SMILES string of the molecule is COc1cc(CN(C(C)=O)c2ccc(N3CCOCC3)c(C(=O)O)c2)ccc1OCc1ccccc1C. The van der Waals surface area contributed by atoms with E-state index in [0.29, 0.717) is 55.8 Å². The van der Waals surface area contributed by atoms with Crippen molar-refractivity contribution in [3.63, 3.8) is 0 Å². The fourth-order valence-corrected chi connectivity index (χ4v) is 4.37. The van der Waals surface area contributed by atoms with Crippen molar-refractivity contribution in [2.45, 2.75) is 27.0 Å². The Labute approximate surface area is 217 Å². The second-order valence-corrected chi connectivity index (χ2v) is 8.91. The monoisotopic (exact) mass is 504 g/mol. The molecule has 0 saturated carbocycles. The van der Waals surface area contributed by atoms with Crippen molar-refractivity contribution in [1.29, 1.82) is 0 Å². The molecular weight excluding hydrogens is 472 g/mol. The summed E-state index contributed by atoms with van der Waals surface area (Å²) in [4.78, 5) is 28.3. The van der Waals surface area contributed by atoms with E-state index >= 15 is 0 Å². The predicted molar refractivity (Wildman–Crippen MR) is 142 cm³/mol. The molecule has 1 amide bonds. The van der Waals surface area contributed by atoms with E-state index in [2.05, 4.69) is 0 Å². The summed E-state index contributed by atoms with van der Waals surface area (Å²) in [6.45, 7) is 6.50. The fraction of sp³-hybridized carbons (Fsp3) is 0.310. The van der Waals surface area contributed by atoms with Crippen LogP contribution in [0, 0.1) is 6.92 Å². The topological polar surface area (TPSA) is 88.5 Å². The standard InChI is InChI=1S/C29H32N2O6/c1-20-6-4-5-7-23(20)19-37-27-11-8-22(16-28(27)35-3)18-31(21(2)32)24-9-10-26(25(17-24)29(33)34)30-12-14-36-15-13-30/h4-11,16-17H,12-15,18-19H2,1-3H3,(H,33,34). The second-order valence-electron chi connectivity index (χ2n) is 8.91. The van der Waals surface area contributed by atoms with Gasteiger partial charge in [0.05, 0.1) is 38.1 Å². The van der Waals surface area contributed by atoms with Crippen molar-refractivity contribution in [2.75, 3.05) is 43.2 Å². The number of ether oxygens (including phenoxy) is 3. The highest BCUT2D eigenvalue weighted by Crippen LogP contribution is 2.32. The van der Waals surface area contributed by atoms with Crippen LogP contribution in [0.5, 0.6) is 11.5 Å². The Hall–Kier alpha value is -4.04. The Balaban J connectivity index is 1.55. The number of carbonyl (C=O) groups excluding carboxylic acids is 1. The van der Waals surface area contributed by atoms with Crippen LogP contribution in [0.1, 0.15) is 34.0 Å². The van der Waals surface area contributed by atoms with E-state index in [0.717, 1.165) is 16.7 Å². The minimum absolute atomic E-state index is 0.156. The Bertz CT molecular complexity index is 1270. The summed E-state index contributed by atoms with van der Waals surface area (Å²) in [7, 11) is 1.58. The first-order valence-corrected chi connectivity index (χ1v) is 12.2. The van der Waals surface area contributed by atoms with Crippen LogP contribution >= 0.6 is 0 Å². The van der Waals surface area contributed by atoms with Crippen molar-refractivity contribution in [3.05, 3.63) is 82.9 Å². The van der Waals surface area contributed by atoms with Gasteiger partial charge >= 0.3 is 5.97 Å². The molecule has 1 aliphatic heterocycles. The minimum Gasteiger partial charge on any atom is -0.493 e. The summed E-state index contributed by atoms with van der Waals surface area (Å²) < 4.78 is 17.0. The van der Waals surface area contributed by atoms with Gasteiger partial charge in [-0.25, -0.2) is 4.79 Å². The summed E-state index contributed by atoms with van der Waals surface area (Å²) >= 11 is 0. The number of hydrogen-bond acceptors (Lipinski definition) is 6. The molecule has 194 valence electrons. The third kappa shape index (κ3) is 6.21. The molecule has 4 rings (SSSR count). The Morgan fingerprint density at radius 3 is 2.46 bits per heavy atom. The van der Waals surface area contributed by atoms with Crippen molar-refractivity contribution >= 4 is 23.3 Å². The normalized spacial score (nSPS) is 13.2. The minimum atomic E-state index is -1.04. The van der Waals surface area contributed by atoms with Crippen molar-refractivity contribution < 1.29 is 28.9 Å². The first-order chi connectivity index (χ1) is 17.9. The lowest BCUT2D eigenvalue weighted by molar-refractivity contribution is -0.116. The van der Waals surface area contributed by atoms with Crippen LogP contribution < -0.4 is 19.3 Å². The smallest absolute Gasteiger partial charge is 0.337 e. The Morgan fingerprint density at radius 2 is 1.78 bits per heavy atom. The highest BCUT2D eigenvalue weighted by Gasteiger charge is 2.22. The molecule has 8 nitrogen and oxygen atoms in total. The van der Waals surface area contributed by atoms with Gasteiger partial charge < -0.3 is 29.1 Å². The molecule has 1 aliphatic rings. The number of methoxy groups -OCH3 is 1. The molecule has 0 bridgehead atoms. The van der Waals surface area contributed by atoms with E-state index in [9.17, 15) is 14.7 Å². The molecule has 1 fully saturated rings. The molecule has 0 spiro atoms. The number of benzene rings is 3. The van der Waals surface area contributed by atoms with Crippen molar-refractivity contribution in [1.82, 2.24) is 0 Å². The van der Waals surface area contributed by atoms with Gasteiger partial charge in [-0.1, -0.05) is 30.3 Å². The second kappa shape index (κ2) is 11.8. The van der Waals surface area contributed by atoms with Gasteiger partial charge in [-0.15, -0.1) is 0 Å². The lowest BCUT2D eigenvalue weighted by Gasteiger charge is -2.31. The van der Waals surface area contributed by atoms with E-state index in [1.807, 2.05) is 54.3 Å². The first-order valence-electron chi connectivity index (χ1n) is 12.2. The third-order valence-corrected chi connectivity index (χ3v) is 6.47. The first kappa shape index (κ1) is 26.0. The van der Waals surface area contributed by atoms with Gasteiger partial charge in [0.2, 0.25) is 5.91 Å². The number of hydrogen-bond donors (Lipinski definition) is 1. The summed E-state index contributed by atoms with van der Waals surface area (Å²) in [6.07, 6.45) is 0. The lowest BCUT2D eigenvalue weighted by atomic mass is 10.1. The van der Waals surface area contributed by atoms with Gasteiger partial charge in [0, 0.05) is 25.7 Å². The van der Waals surface area contributed by atoms with Gasteiger partial charge in [0.15, 0.2) is 11.5 Å². The van der Waals surface area contributed by atoms with Crippen molar-refractivity contribution in [2.24, 2.45) is 0 Å². The molecular formula is C29H32N2O6. The molecule has 3 aromatic carbocycles. The zero-order valence-electron chi connectivity index (χ0n) is 21.4. The van der Waals surface area contributed by atoms with E-state index in [1.165, 1.54) is 6.92 Å². The molecule has 3 aromatic rings. The molecule has 1 heterocycles. The van der Waals surface area contributed by atoms with Crippen LogP contribution in [0.4, 0.5) is 11.4 Å². The molecule has 8 heteroatoms. The Kier molecular flexibility index (Phi) is 8.30. The quantitative estimate of drug-likeness (QED) is 0.453. The number of aryl methyl sites for hydroxylation is 1. The van der Waals surface area contributed by atoms with Crippen LogP contribution in [0.15, 0.2) is 60.7 Å². The predicted octanol–water partition coefficient (Wildman–Crippen LogP) is 4.67. The molecule has 1 N–H and O–H groups in total.